The third-order valence-electron chi connectivity index (χ3n) is 7.58. The molecule has 0 spiro atoms. The van der Waals surface area contributed by atoms with Crippen LogP contribution in [-0.4, -0.2) is 6.71 Å². The van der Waals surface area contributed by atoms with Crippen LogP contribution < -0.4 is 5.46 Å². The molecule has 1 aliphatic carbocycles. The van der Waals surface area contributed by atoms with E-state index in [-0.39, 0.29) is 11.6 Å². The summed E-state index contributed by atoms with van der Waals surface area (Å²) < 4.78 is 0. The van der Waals surface area contributed by atoms with E-state index in [4.69, 9.17) is 0 Å². The molecule has 1 heterocycles. The minimum Gasteiger partial charge on any atom is -0.0838 e. The van der Waals surface area contributed by atoms with Crippen LogP contribution in [0.1, 0.15) is 34.7 Å². The number of hydrogen-bond acceptors (Lipinski definition) is 0. The van der Waals surface area contributed by atoms with Crippen molar-refractivity contribution in [2.24, 2.45) is 5.92 Å². The zero-order valence-electron chi connectivity index (χ0n) is 19.9. The molecule has 0 aromatic heterocycles. The Morgan fingerprint density at radius 1 is 0.514 bits per heavy atom. The summed E-state index contributed by atoms with van der Waals surface area (Å²) >= 11 is 0. The molecule has 4 aromatic carbocycles. The van der Waals surface area contributed by atoms with E-state index < -0.39 is 0 Å². The van der Waals surface area contributed by atoms with Crippen LogP contribution in [0.15, 0.2) is 151 Å². The highest BCUT2D eigenvalue weighted by Gasteiger charge is 2.48. The molecule has 0 N–H and O–H groups in total. The van der Waals surface area contributed by atoms with Crippen molar-refractivity contribution < 1.29 is 0 Å². The maximum absolute atomic E-state index is 2.42. The molecule has 168 valence electrons. The summed E-state index contributed by atoms with van der Waals surface area (Å²) in [7, 11) is 0. The summed E-state index contributed by atoms with van der Waals surface area (Å²) in [6.07, 6.45) is 10.5. The van der Waals surface area contributed by atoms with Gasteiger partial charge < -0.3 is 0 Å². The van der Waals surface area contributed by atoms with Crippen LogP contribution in [0.25, 0.3) is 5.57 Å². The fraction of sp³-hybridized carbons (Fsp3) is 0.118. The smallest absolute Gasteiger partial charge is 0.0838 e. The van der Waals surface area contributed by atoms with Crippen molar-refractivity contribution in [3.8, 4) is 0 Å². The van der Waals surface area contributed by atoms with Gasteiger partial charge in [-0.3, -0.25) is 0 Å². The Bertz CT molecular complexity index is 1340. The minimum atomic E-state index is 0.268. The summed E-state index contributed by atoms with van der Waals surface area (Å²) in [6.45, 7) is 0.315. The predicted molar refractivity (Wildman–Crippen MR) is 150 cm³/mol. The molecular formula is C34H29B. The van der Waals surface area contributed by atoms with Gasteiger partial charge in [0, 0.05) is 5.92 Å². The van der Waals surface area contributed by atoms with Crippen LogP contribution in [0.2, 0.25) is 0 Å². The Labute approximate surface area is 209 Å². The van der Waals surface area contributed by atoms with E-state index in [0.717, 1.165) is 6.42 Å². The summed E-state index contributed by atoms with van der Waals surface area (Å²) in [5, 5.41) is 0. The molecule has 0 saturated carbocycles. The molecule has 2 aliphatic rings. The summed E-state index contributed by atoms with van der Waals surface area (Å²) in [6, 6.07) is 44.6. The molecule has 0 nitrogen and oxygen atoms in total. The van der Waals surface area contributed by atoms with Gasteiger partial charge in [0.1, 0.15) is 0 Å². The first-order chi connectivity index (χ1) is 17.4. The second kappa shape index (κ2) is 9.80. The van der Waals surface area contributed by atoms with Crippen molar-refractivity contribution in [1.82, 2.24) is 0 Å². The predicted octanol–water partition coefficient (Wildman–Crippen LogP) is 7.63. The molecule has 4 aromatic rings. The van der Waals surface area contributed by atoms with E-state index in [1.807, 2.05) is 0 Å². The lowest BCUT2D eigenvalue weighted by Gasteiger charge is -2.27. The zero-order valence-corrected chi connectivity index (χ0v) is 19.9. The molecule has 0 saturated heterocycles. The lowest BCUT2D eigenvalue weighted by Crippen LogP contribution is -2.40. The van der Waals surface area contributed by atoms with Crippen molar-refractivity contribution in [1.29, 1.82) is 0 Å². The van der Waals surface area contributed by atoms with Crippen molar-refractivity contribution in [2.45, 2.75) is 18.1 Å². The molecule has 1 heteroatoms. The normalized spacial score (nSPS) is 19.9. The lowest BCUT2D eigenvalue weighted by atomic mass is 9.30. The molecule has 2 unspecified atom stereocenters. The first kappa shape index (κ1) is 21.7. The highest BCUT2D eigenvalue weighted by atomic mass is 14.4. The third kappa shape index (κ3) is 4.12. The van der Waals surface area contributed by atoms with Crippen LogP contribution in [0.5, 0.6) is 0 Å². The number of rotatable bonds is 5. The fourth-order valence-electron chi connectivity index (χ4n) is 6.21. The van der Waals surface area contributed by atoms with E-state index in [1.54, 1.807) is 0 Å². The highest BCUT2D eigenvalue weighted by Crippen LogP contribution is 2.54. The Morgan fingerprint density at radius 2 is 1.00 bits per heavy atom. The van der Waals surface area contributed by atoms with Crippen molar-refractivity contribution in [3.63, 3.8) is 0 Å². The summed E-state index contributed by atoms with van der Waals surface area (Å²) in [5.74, 6) is 0.852. The minimum absolute atomic E-state index is 0.268. The standard InChI is InChI=1S/C34H29B/c1-6-16-26(17-7-1)31-32(27-18-8-2-9-19-27)34(29-22-12-4-13-23-29)35(30-24-14-5-15-25-30)33(31)28-20-10-3-11-21-28/h1,3-25,27,33-34H,2H2. The largest absolute Gasteiger partial charge is 0.200 e. The highest BCUT2D eigenvalue weighted by molar-refractivity contribution is 6.79. The molecule has 0 fully saturated rings. The SMILES string of the molecule is C1=CC(C2=C(c3ccccc3)C(c3ccccc3)B(c3ccccc3)C2c2ccccc2)C=CC1. The monoisotopic (exact) mass is 448 g/mol. The first-order valence-corrected chi connectivity index (χ1v) is 12.7. The molecule has 0 bridgehead atoms. The first-order valence-electron chi connectivity index (χ1n) is 12.7. The van der Waals surface area contributed by atoms with Crippen LogP contribution in [0.3, 0.4) is 0 Å². The molecular weight excluding hydrogens is 419 g/mol. The van der Waals surface area contributed by atoms with Crippen molar-refractivity contribution in [2.75, 3.05) is 0 Å². The number of hydrogen-bond donors (Lipinski definition) is 0. The molecule has 6 rings (SSSR count). The number of allylic oxidation sites excluding steroid dienone is 6. The maximum atomic E-state index is 2.42. The quantitative estimate of drug-likeness (QED) is 0.217. The second-order valence-corrected chi connectivity index (χ2v) is 9.57. The van der Waals surface area contributed by atoms with Gasteiger partial charge in [-0.05, 0) is 40.3 Å². The van der Waals surface area contributed by atoms with Crippen molar-refractivity contribution in [3.05, 3.63) is 168 Å². The maximum Gasteiger partial charge on any atom is 0.200 e. The van der Waals surface area contributed by atoms with Gasteiger partial charge in [-0.15, -0.1) is 0 Å². The summed E-state index contributed by atoms with van der Waals surface area (Å²) in [5.41, 5.74) is 8.55. The van der Waals surface area contributed by atoms with E-state index >= 15 is 0 Å². The lowest BCUT2D eigenvalue weighted by molar-refractivity contribution is 0.874. The Hall–Kier alpha value is -3.84. The zero-order chi connectivity index (χ0) is 23.5. The van der Waals surface area contributed by atoms with E-state index in [1.165, 1.54) is 33.3 Å². The van der Waals surface area contributed by atoms with Gasteiger partial charge in [0.05, 0.1) is 0 Å². The Kier molecular flexibility index (Phi) is 6.07. The molecule has 2 atom stereocenters. The van der Waals surface area contributed by atoms with Crippen molar-refractivity contribution >= 4 is 17.7 Å². The van der Waals surface area contributed by atoms with Gasteiger partial charge in [0.15, 0.2) is 6.71 Å². The van der Waals surface area contributed by atoms with E-state index in [2.05, 4.69) is 146 Å². The van der Waals surface area contributed by atoms with Crippen LogP contribution in [0, 0.1) is 5.92 Å². The Morgan fingerprint density at radius 3 is 1.57 bits per heavy atom. The fourth-order valence-corrected chi connectivity index (χ4v) is 6.21. The van der Waals surface area contributed by atoms with Gasteiger partial charge >= 0.3 is 0 Å². The van der Waals surface area contributed by atoms with Gasteiger partial charge in [-0.1, -0.05) is 157 Å². The van der Waals surface area contributed by atoms with Gasteiger partial charge in [0.25, 0.3) is 0 Å². The van der Waals surface area contributed by atoms with Gasteiger partial charge in [-0.2, -0.15) is 0 Å². The molecule has 0 amide bonds. The third-order valence-corrected chi connectivity index (χ3v) is 7.58. The topological polar surface area (TPSA) is 0 Å². The van der Waals surface area contributed by atoms with Gasteiger partial charge in [-0.25, -0.2) is 0 Å². The van der Waals surface area contributed by atoms with E-state index in [0.29, 0.717) is 12.6 Å². The molecule has 0 radical (unpaired) electrons. The average Bonchev–Trinajstić information content (AvgIpc) is 3.32. The molecule has 1 aliphatic heterocycles. The molecule has 35 heavy (non-hydrogen) atoms. The Balaban J connectivity index is 1.69. The van der Waals surface area contributed by atoms with Crippen LogP contribution in [-0.2, 0) is 0 Å². The van der Waals surface area contributed by atoms with Crippen LogP contribution >= 0.6 is 0 Å². The van der Waals surface area contributed by atoms with Crippen LogP contribution in [0.4, 0.5) is 0 Å². The average molecular weight is 448 g/mol. The number of benzene rings is 4. The second-order valence-electron chi connectivity index (χ2n) is 9.57. The summed E-state index contributed by atoms with van der Waals surface area (Å²) in [4.78, 5) is 0. The van der Waals surface area contributed by atoms with E-state index in [9.17, 15) is 0 Å². The van der Waals surface area contributed by atoms with Gasteiger partial charge in [0.2, 0.25) is 0 Å².